The lowest BCUT2D eigenvalue weighted by atomic mass is 10.0. The molecule has 0 unspecified atom stereocenters. The fraction of sp³-hybridized carbons (Fsp3) is 0.333. The fourth-order valence-electron chi connectivity index (χ4n) is 3.68. The highest BCUT2D eigenvalue weighted by Gasteiger charge is 2.42. The highest BCUT2D eigenvalue weighted by atomic mass is 35.5. The molecule has 4 rings (SSSR count). The molecule has 0 aliphatic heterocycles. The first kappa shape index (κ1) is 25.3. The molecule has 0 fully saturated rings. The van der Waals surface area contributed by atoms with Crippen molar-refractivity contribution in [3.05, 3.63) is 67.9 Å². The summed E-state index contributed by atoms with van der Waals surface area (Å²) in [6, 6.07) is 14.2. The van der Waals surface area contributed by atoms with E-state index in [1.165, 1.54) is 9.13 Å². The third-order valence-electron chi connectivity index (χ3n) is 5.45. The molecule has 2 heterocycles. The molecule has 0 radical (unpaired) electrons. The van der Waals surface area contributed by atoms with Crippen molar-refractivity contribution >= 4 is 66.5 Å². The van der Waals surface area contributed by atoms with Gasteiger partial charge in [-0.2, -0.15) is 0 Å². The normalized spacial score (nSPS) is 13.2. The number of ether oxygens (including phenoxy) is 2. The van der Waals surface area contributed by atoms with Gasteiger partial charge in [0.25, 0.3) is 0 Å². The summed E-state index contributed by atoms with van der Waals surface area (Å²) in [6.45, 7) is 1.26. The van der Waals surface area contributed by atoms with E-state index in [-0.39, 0.29) is 35.3 Å². The van der Waals surface area contributed by atoms with Gasteiger partial charge >= 0.3 is 15.7 Å². The van der Waals surface area contributed by atoms with E-state index in [0.29, 0.717) is 24.1 Å². The number of nitrogens with zero attached hydrogens (tertiary/aromatic N) is 2. The zero-order valence-corrected chi connectivity index (χ0v) is 21.3. The molecule has 35 heavy (non-hydrogen) atoms. The Morgan fingerprint density at radius 1 is 0.914 bits per heavy atom. The number of ketones is 1. The number of fused-ring (bicyclic) bond motifs is 2. The molecule has 4 aromatic rings. The molecule has 11 heteroatoms. The highest BCUT2D eigenvalue weighted by Crippen LogP contribution is 2.22. The summed E-state index contributed by atoms with van der Waals surface area (Å²) in [5.41, 5.74) is -0.608. The number of esters is 1. The lowest BCUT2D eigenvalue weighted by Crippen LogP contribution is -2.52. The van der Waals surface area contributed by atoms with Crippen molar-refractivity contribution in [2.75, 3.05) is 19.1 Å². The molecular formula is C24H23ClN2O6S2. The number of hydrogen-bond acceptors (Lipinski definition) is 8. The number of rotatable bonds is 11. The van der Waals surface area contributed by atoms with E-state index < -0.39 is 17.4 Å². The van der Waals surface area contributed by atoms with Gasteiger partial charge in [0, 0.05) is 6.61 Å². The number of Topliss-reactive ketones (excluding diaryl/α,β-unsaturated/α-hetero) is 1. The Balaban J connectivity index is 1.62. The van der Waals surface area contributed by atoms with Crippen LogP contribution in [0.15, 0.2) is 58.1 Å². The van der Waals surface area contributed by atoms with Gasteiger partial charge in [-0.3, -0.25) is 28.3 Å². The number of aromatic nitrogens is 2. The van der Waals surface area contributed by atoms with Crippen LogP contribution >= 0.6 is 34.3 Å². The predicted octanol–water partition coefficient (Wildman–Crippen LogP) is 3.66. The Labute approximate surface area is 213 Å². The Hall–Kier alpha value is -2.79. The van der Waals surface area contributed by atoms with Gasteiger partial charge < -0.3 is 9.47 Å². The average molecular weight is 535 g/mol. The molecule has 2 aromatic heterocycles. The molecule has 0 amide bonds. The topological polar surface area (TPSA) is 96.6 Å². The maximum Gasteiger partial charge on any atom is 0.327 e. The maximum atomic E-state index is 13.5. The van der Waals surface area contributed by atoms with Gasteiger partial charge in [-0.05, 0) is 30.7 Å². The number of thiazole rings is 2. The van der Waals surface area contributed by atoms with Gasteiger partial charge in [0.05, 0.1) is 39.5 Å². The fourth-order valence-corrected chi connectivity index (χ4v) is 5.74. The van der Waals surface area contributed by atoms with E-state index in [1.807, 2.05) is 13.0 Å². The Morgan fingerprint density at radius 2 is 1.46 bits per heavy atom. The number of para-hydroxylation sites is 2. The van der Waals surface area contributed by atoms with E-state index in [0.717, 1.165) is 32.1 Å². The number of carbonyl (C=O) groups is 2. The number of carbonyl (C=O) groups excluding carboxylic acids is 2. The van der Waals surface area contributed by atoms with E-state index in [4.69, 9.17) is 21.1 Å². The standard InChI is InChI=1S/C24H23ClN2O6S2/c1-2-11-32-15-24(14-25,20(28)12-26-16-7-3-5-9-18(16)34-22(26)30)33-21(29)13-27-17-8-4-6-10-19(17)35-23(27)31/h3-10H,2,11-15H2,1H3/t24-/m0/s1. The van der Waals surface area contributed by atoms with E-state index in [1.54, 1.807) is 42.5 Å². The zero-order chi connectivity index (χ0) is 25.0. The van der Waals surface area contributed by atoms with Gasteiger partial charge in [0.15, 0.2) is 5.78 Å². The Morgan fingerprint density at radius 3 is 2.00 bits per heavy atom. The number of alkyl halides is 1. The summed E-state index contributed by atoms with van der Waals surface area (Å²) in [7, 11) is 0. The van der Waals surface area contributed by atoms with Gasteiger partial charge in [0.1, 0.15) is 6.54 Å². The number of halogens is 1. The minimum absolute atomic E-state index is 0.259. The number of benzene rings is 2. The van der Waals surface area contributed by atoms with Crippen LogP contribution in [0.5, 0.6) is 0 Å². The molecule has 184 valence electrons. The molecule has 0 saturated carbocycles. The van der Waals surface area contributed by atoms with Crippen molar-refractivity contribution in [3.8, 4) is 0 Å². The summed E-state index contributed by atoms with van der Waals surface area (Å²) in [5, 5.41) is 0. The van der Waals surface area contributed by atoms with Crippen molar-refractivity contribution in [1.29, 1.82) is 0 Å². The van der Waals surface area contributed by atoms with Crippen LogP contribution in [0.4, 0.5) is 0 Å². The second-order valence-corrected chi connectivity index (χ2v) is 10.2. The monoisotopic (exact) mass is 534 g/mol. The van der Waals surface area contributed by atoms with Crippen LogP contribution < -0.4 is 9.75 Å². The van der Waals surface area contributed by atoms with Crippen molar-refractivity contribution < 1.29 is 19.1 Å². The van der Waals surface area contributed by atoms with Crippen LogP contribution in [-0.2, 0) is 32.2 Å². The smallest absolute Gasteiger partial charge is 0.327 e. The first-order chi connectivity index (χ1) is 16.9. The van der Waals surface area contributed by atoms with Crippen molar-refractivity contribution in [3.63, 3.8) is 0 Å². The lowest BCUT2D eigenvalue weighted by molar-refractivity contribution is -0.172. The van der Waals surface area contributed by atoms with Gasteiger partial charge in [-0.25, -0.2) is 0 Å². The van der Waals surface area contributed by atoms with Crippen LogP contribution in [0.25, 0.3) is 20.4 Å². The van der Waals surface area contributed by atoms with Crippen molar-refractivity contribution in [2.45, 2.75) is 32.0 Å². The summed E-state index contributed by atoms with van der Waals surface area (Å²) < 4.78 is 15.4. The largest absolute Gasteiger partial charge is 0.446 e. The van der Waals surface area contributed by atoms with E-state index in [9.17, 15) is 19.2 Å². The molecule has 0 saturated heterocycles. The average Bonchev–Trinajstić information content (AvgIpc) is 3.34. The first-order valence-corrected chi connectivity index (χ1v) is 13.1. The van der Waals surface area contributed by atoms with Crippen LogP contribution in [0.2, 0.25) is 0 Å². The van der Waals surface area contributed by atoms with Gasteiger partial charge in [-0.15, -0.1) is 11.6 Å². The summed E-state index contributed by atoms with van der Waals surface area (Å²) in [5.74, 6) is -1.73. The molecule has 2 aromatic carbocycles. The highest BCUT2D eigenvalue weighted by molar-refractivity contribution is 7.16. The third kappa shape index (κ3) is 5.25. The summed E-state index contributed by atoms with van der Waals surface area (Å²) >= 11 is 8.26. The quantitative estimate of drug-likeness (QED) is 0.165. The SMILES string of the molecule is CCCOC[C@](CCl)(OC(=O)Cn1c(=O)sc2ccccc21)C(=O)Cn1c(=O)sc2ccccc21. The molecule has 0 aliphatic carbocycles. The lowest BCUT2D eigenvalue weighted by Gasteiger charge is -2.30. The second-order valence-electron chi connectivity index (χ2n) is 7.92. The summed E-state index contributed by atoms with van der Waals surface area (Å²) in [6.07, 6.45) is 0.686. The Bertz CT molecular complexity index is 1490. The maximum absolute atomic E-state index is 13.5. The molecule has 0 aliphatic rings. The number of hydrogen-bond donors (Lipinski definition) is 0. The summed E-state index contributed by atoms with van der Waals surface area (Å²) in [4.78, 5) is 50.9. The Kier molecular flexibility index (Phi) is 7.85. The minimum atomic E-state index is -1.81. The van der Waals surface area contributed by atoms with Gasteiger partial charge in [0.2, 0.25) is 5.60 Å². The van der Waals surface area contributed by atoms with E-state index >= 15 is 0 Å². The second kappa shape index (κ2) is 10.9. The molecular weight excluding hydrogens is 512 g/mol. The van der Waals surface area contributed by atoms with Crippen LogP contribution in [-0.4, -0.2) is 45.6 Å². The van der Waals surface area contributed by atoms with Gasteiger partial charge in [-0.1, -0.05) is 53.9 Å². The van der Waals surface area contributed by atoms with E-state index in [2.05, 4.69) is 0 Å². The minimum Gasteiger partial charge on any atom is -0.446 e. The molecule has 0 bridgehead atoms. The van der Waals surface area contributed by atoms with Crippen molar-refractivity contribution in [1.82, 2.24) is 9.13 Å². The van der Waals surface area contributed by atoms with Crippen LogP contribution in [0, 0.1) is 0 Å². The molecule has 0 spiro atoms. The first-order valence-electron chi connectivity index (χ1n) is 10.9. The molecule has 1 atom stereocenters. The predicted molar refractivity (Wildman–Crippen MR) is 138 cm³/mol. The van der Waals surface area contributed by atoms with Crippen molar-refractivity contribution in [2.24, 2.45) is 0 Å². The molecule has 0 N–H and O–H groups in total. The molecule has 8 nitrogen and oxygen atoms in total. The van der Waals surface area contributed by atoms with Crippen LogP contribution in [0.3, 0.4) is 0 Å². The van der Waals surface area contributed by atoms with Crippen LogP contribution in [0.1, 0.15) is 13.3 Å². The zero-order valence-electron chi connectivity index (χ0n) is 18.9. The third-order valence-corrected chi connectivity index (χ3v) is 7.81.